The third-order valence-corrected chi connectivity index (χ3v) is 3.60. The SMILES string of the molecule is Br.CC1SC(N(C)C)=NN=C1c1ccccc1. The quantitative estimate of drug-likeness (QED) is 0.797. The maximum absolute atomic E-state index is 4.33. The number of thioether (sulfide) groups is 1. The summed E-state index contributed by atoms with van der Waals surface area (Å²) in [5, 5.41) is 9.87. The van der Waals surface area contributed by atoms with Crippen molar-refractivity contribution in [2.45, 2.75) is 12.2 Å². The van der Waals surface area contributed by atoms with Crippen molar-refractivity contribution in [1.29, 1.82) is 0 Å². The van der Waals surface area contributed by atoms with Crippen molar-refractivity contribution < 1.29 is 0 Å². The highest BCUT2D eigenvalue weighted by atomic mass is 79.9. The lowest BCUT2D eigenvalue weighted by Gasteiger charge is -2.22. The van der Waals surface area contributed by atoms with E-state index in [0.717, 1.165) is 16.4 Å². The Morgan fingerprint density at radius 1 is 1.12 bits per heavy atom. The molecule has 0 saturated carbocycles. The lowest BCUT2D eigenvalue weighted by atomic mass is 10.1. The minimum atomic E-state index is 0. The monoisotopic (exact) mass is 313 g/mol. The van der Waals surface area contributed by atoms with Crippen molar-refractivity contribution in [2.75, 3.05) is 14.1 Å². The molecule has 0 aromatic heterocycles. The van der Waals surface area contributed by atoms with Crippen LogP contribution in [0.1, 0.15) is 12.5 Å². The molecule has 0 bridgehead atoms. The van der Waals surface area contributed by atoms with Gasteiger partial charge in [0.25, 0.3) is 0 Å². The first-order valence-corrected chi connectivity index (χ1v) is 6.11. The van der Waals surface area contributed by atoms with E-state index in [1.807, 2.05) is 37.2 Å². The van der Waals surface area contributed by atoms with E-state index in [9.17, 15) is 0 Å². The van der Waals surface area contributed by atoms with Crippen LogP contribution in [0.3, 0.4) is 0 Å². The molecule has 1 aromatic rings. The van der Waals surface area contributed by atoms with Crippen molar-refractivity contribution in [3.8, 4) is 0 Å². The fourth-order valence-corrected chi connectivity index (χ4v) is 2.42. The molecule has 0 spiro atoms. The Morgan fingerprint density at radius 2 is 1.76 bits per heavy atom. The fourth-order valence-electron chi connectivity index (χ4n) is 1.51. The van der Waals surface area contributed by atoms with Gasteiger partial charge in [0, 0.05) is 14.1 Å². The van der Waals surface area contributed by atoms with Crippen LogP contribution in [-0.4, -0.2) is 35.1 Å². The first kappa shape index (κ1) is 14.3. The Hall–Kier alpha value is -0.810. The number of nitrogens with zero attached hydrogens (tertiary/aromatic N) is 3. The Morgan fingerprint density at radius 3 is 2.29 bits per heavy atom. The summed E-state index contributed by atoms with van der Waals surface area (Å²) >= 11 is 1.74. The molecule has 0 fully saturated rings. The van der Waals surface area contributed by atoms with Gasteiger partial charge in [-0.2, -0.15) is 5.10 Å². The molecule has 1 aromatic carbocycles. The van der Waals surface area contributed by atoms with Crippen molar-refractivity contribution in [3.63, 3.8) is 0 Å². The van der Waals surface area contributed by atoms with Crippen molar-refractivity contribution in [2.24, 2.45) is 10.2 Å². The number of hydrogen-bond acceptors (Lipinski definition) is 4. The zero-order chi connectivity index (χ0) is 11.5. The summed E-state index contributed by atoms with van der Waals surface area (Å²) in [4.78, 5) is 1.99. The maximum atomic E-state index is 4.33. The first-order valence-electron chi connectivity index (χ1n) is 5.23. The standard InChI is InChI=1S/C12H15N3S.BrH/c1-9-11(10-7-5-4-6-8-10)13-14-12(16-9)15(2)3;/h4-9H,1-3H3;1H. The van der Waals surface area contributed by atoms with E-state index in [4.69, 9.17) is 0 Å². The molecule has 5 heteroatoms. The highest BCUT2D eigenvalue weighted by molar-refractivity contribution is 8.93. The van der Waals surface area contributed by atoms with E-state index >= 15 is 0 Å². The lowest BCUT2D eigenvalue weighted by Crippen LogP contribution is -2.27. The van der Waals surface area contributed by atoms with Crippen LogP contribution in [0.5, 0.6) is 0 Å². The van der Waals surface area contributed by atoms with Gasteiger partial charge in [-0.1, -0.05) is 42.1 Å². The van der Waals surface area contributed by atoms with Gasteiger partial charge in [0.1, 0.15) is 0 Å². The predicted molar refractivity (Wildman–Crippen MR) is 81.5 cm³/mol. The Balaban J connectivity index is 0.00000144. The van der Waals surface area contributed by atoms with Gasteiger partial charge < -0.3 is 4.90 Å². The van der Waals surface area contributed by atoms with Crippen molar-refractivity contribution in [3.05, 3.63) is 35.9 Å². The number of rotatable bonds is 1. The average molecular weight is 314 g/mol. The van der Waals surface area contributed by atoms with Crippen molar-refractivity contribution in [1.82, 2.24) is 4.90 Å². The van der Waals surface area contributed by atoms with Crippen LogP contribution in [0, 0.1) is 0 Å². The zero-order valence-electron chi connectivity index (χ0n) is 10.1. The van der Waals surface area contributed by atoms with E-state index in [1.165, 1.54) is 0 Å². The van der Waals surface area contributed by atoms with Gasteiger partial charge in [-0.25, -0.2) is 0 Å². The Kier molecular flexibility index (Phi) is 5.21. The molecule has 92 valence electrons. The minimum absolute atomic E-state index is 0. The molecule has 2 rings (SSSR count). The number of hydrogen-bond donors (Lipinski definition) is 0. The maximum Gasteiger partial charge on any atom is 0.185 e. The highest BCUT2D eigenvalue weighted by Gasteiger charge is 2.21. The molecular formula is C12H16BrN3S. The first-order chi connectivity index (χ1) is 7.68. The molecule has 0 N–H and O–H groups in total. The highest BCUT2D eigenvalue weighted by Crippen LogP contribution is 2.23. The number of halogens is 1. The number of benzene rings is 1. The second-order valence-electron chi connectivity index (χ2n) is 3.89. The van der Waals surface area contributed by atoms with Crippen LogP contribution >= 0.6 is 28.7 Å². The summed E-state index contributed by atoms with van der Waals surface area (Å²) in [6.45, 7) is 2.16. The molecule has 0 aliphatic carbocycles. The summed E-state index contributed by atoms with van der Waals surface area (Å²) in [5.74, 6) is 0. The molecule has 1 aliphatic rings. The van der Waals surface area contributed by atoms with E-state index < -0.39 is 0 Å². The van der Waals surface area contributed by atoms with Gasteiger partial charge >= 0.3 is 0 Å². The zero-order valence-corrected chi connectivity index (χ0v) is 12.7. The van der Waals surface area contributed by atoms with Crippen LogP contribution in [-0.2, 0) is 0 Å². The van der Waals surface area contributed by atoms with Crippen LogP contribution < -0.4 is 0 Å². The van der Waals surface area contributed by atoms with Crippen LogP contribution in [0.2, 0.25) is 0 Å². The summed E-state index contributed by atoms with van der Waals surface area (Å²) < 4.78 is 0. The van der Waals surface area contributed by atoms with E-state index in [-0.39, 0.29) is 17.0 Å². The van der Waals surface area contributed by atoms with E-state index in [1.54, 1.807) is 11.8 Å². The summed E-state index contributed by atoms with van der Waals surface area (Å²) in [6.07, 6.45) is 0. The molecule has 1 heterocycles. The van der Waals surface area contributed by atoms with Gasteiger partial charge in [0.2, 0.25) is 0 Å². The second-order valence-corrected chi connectivity index (χ2v) is 5.20. The molecule has 1 aliphatic heterocycles. The molecule has 1 atom stereocenters. The predicted octanol–water partition coefficient (Wildman–Crippen LogP) is 3.02. The molecule has 0 saturated heterocycles. The van der Waals surface area contributed by atoms with Crippen LogP contribution in [0.25, 0.3) is 0 Å². The molecule has 0 amide bonds. The molecule has 3 nitrogen and oxygen atoms in total. The third-order valence-electron chi connectivity index (χ3n) is 2.36. The van der Waals surface area contributed by atoms with Crippen LogP contribution in [0.15, 0.2) is 40.5 Å². The summed E-state index contributed by atoms with van der Waals surface area (Å²) in [7, 11) is 3.98. The van der Waals surface area contributed by atoms with Crippen LogP contribution in [0.4, 0.5) is 0 Å². The van der Waals surface area contributed by atoms with Gasteiger partial charge in [-0.3, -0.25) is 0 Å². The van der Waals surface area contributed by atoms with E-state index in [2.05, 4.69) is 29.3 Å². The Bertz CT molecular complexity index is 429. The molecular weight excluding hydrogens is 298 g/mol. The minimum Gasteiger partial charge on any atom is -0.356 e. The molecule has 17 heavy (non-hydrogen) atoms. The fraction of sp³-hybridized carbons (Fsp3) is 0.333. The topological polar surface area (TPSA) is 28.0 Å². The number of amidine groups is 1. The van der Waals surface area contributed by atoms with Crippen molar-refractivity contribution >= 4 is 39.6 Å². The van der Waals surface area contributed by atoms with Gasteiger partial charge in [-0.15, -0.1) is 22.1 Å². The average Bonchev–Trinajstić information content (AvgIpc) is 2.30. The van der Waals surface area contributed by atoms with Gasteiger partial charge in [-0.05, 0) is 12.5 Å². The summed E-state index contributed by atoms with van der Waals surface area (Å²) in [6, 6.07) is 10.2. The lowest BCUT2D eigenvalue weighted by molar-refractivity contribution is 0.632. The normalized spacial score (nSPS) is 18.9. The molecule has 1 unspecified atom stereocenters. The smallest absolute Gasteiger partial charge is 0.185 e. The third kappa shape index (κ3) is 3.33. The Labute approximate surface area is 117 Å². The summed E-state index contributed by atoms with van der Waals surface area (Å²) in [5.41, 5.74) is 2.21. The van der Waals surface area contributed by atoms with E-state index in [0.29, 0.717) is 5.25 Å². The van der Waals surface area contributed by atoms with Gasteiger partial charge in [0.05, 0.1) is 11.0 Å². The van der Waals surface area contributed by atoms with Gasteiger partial charge in [0.15, 0.2) is 5.17 Å². The molecule has 0 radical (unpaired) electrons. The second kappa shape index (κ2) is 6.21. The largest absolute Gasteiger partial charge is 0.356 e.